The number of hydrogen-bond donors (Lipinski definition) is 2. The summed E-state index contributed by atoms with van der Waals surface area (Å²) in [6.45, 7) is 2.50. The summed E-state index contributed by atoms with van der Waals surface area (Å²) in [5, 5.41) is 15.8. The molecule has 1 heterocycles. The second kappa shape index (κ2) is 5.47. The number of aromatic nitrogens is 2. The van der Waals surface area contributed by atoms with Crippen LogP contribution in [-0.2, 0) is 12.7 Å². The Morgan fingerprint density at radius 2 is 2.14 bits per heavy atom. The number of carboxylic acid groups (broad SMARTS) is 1. The van der Waals surface area contributed by atoms with E-state index >= 15 is 0 Å². The highest BCUT2D eigenvalue weighted by molar-refractivity contribution is 5.95. The van der Waals surface area contributed by atoms with Crippen molar-refractivity contribution in [3.05, 3.63) is 41.7 Å². The van der Waals surface area contributed by atoms with Crippen LogP contribution in [-0.4, -0.2) is 20.9 Å². The van der Waals surface area contributed by atoms with Gasteiger partial charge in [0.2, 0.25) is 0 Å². The molecule has 0 amide bonds. The quantitative estimate of drug-likeness (QED) is 0.908. The molecule has 0 spiro atoms. The third-order valence-corrected chi connectivity index (χ3v) is 2.81. The third-order valence-electron chi connectivity index (χ3n) is 2.81. The van der Waals surface area contributed by atoms with Gasteiger partial charge >= 0.3 is 12.1 Å². The third kappa shape index (κ3) is 3.33. The van der Waals surface area contributed by atoms with Crippen LogP contribution in [0.1, 0.15) is 22.8 Å². The first kappa shape index (κ1) is 14.9. The number of benzene rings is 1. The highest BCUT2D eigenvalue weighted by Gasteiger charge is 2.31. The Labute approximate surface area is 118 Å². The van der Waals surface area contributed by atoms with Crippen LogP contribution in [0.15, 0.2) is 30.6 Å². The maximum absolute atomic E-state index is 12.6. The number of hydrogen-bond acceptors (Lipinski definition) is 3. The SMILES string of the molecule is CCn1cc(Nc2ccc(C(F)(F)F)cc2C(=O)O)cn1. The summed E-state index contributed by atoms with van der Waals surface area (Å²) in [5.41, 5.74) is -0.881. The molecule has 0 aliphatic carbocycles. The second-order valence-electron chi connectivity index (χ2n) is 4.27. The Kier molecular flexibility index (Phi) is 3.88. The molecule has 1 aromatic carbocycles. The second-order valence-corrected chi connectivity index (χ2v) is 4.27. The zero-order valence-corrected chi connectivity index (χ0v) is 11.0. The van der Waals surface area contributed by atoms with Crippen molar-refractivity contribution < 1.29 is 23.1 Å². The van der Waals surface area contributed by atoms with Crippen molar-refractivity contribution in [3.8, 4) is 0 Å². The first-order chi connectivity index (χ1) is 9.81. The lowest BCUT2D eigenvalue weighted by Gasteiger charge is -2.12. The van der Waals surface area contributed by atoms with Gasteiger partial charge < -0.3 is 10.4 Å². The van der Waals surface area contributed by atoms with Gasteiger partial charge in [-0.05, 0) is 25.1 Å². The van der Waals surface area contributed by atoms with E-state index in [0.717, 1.165) is 12.1 Å². The molecule has 0 saturated heterocycles. The van der Waals surface area contributed by atoms with Crippen LogP contribution >= 0.6 is 0 Å². The maximum atomic E-state index is 12.6. The molecule has 5 nitrogen and oxygen atoms in total. The molecular weight excluding hydrogens is 287 g/mol. The predicted molar refractivity (Wildman–Crippen MR) is 69.6 cm³/mol. The minimum absolute atomic E-state index is 0.0751. The van der Waals surface area contributed by atoms with Crippen molar-refractivity contribution in [1.82, 2.24) is 9.78 Å². The van der Waals surface area contributed by atoms with Crippen LogP contribution in [0.2, 0.25) is 0 Å². The standard InChI is InChI=1S/C13H12F3N3O2/c1-2-19-7-9(6-17-19)18-11-4-3-8(13(14,15)16)5-10(11)12(20)21/h3-7,18H,2H2,1H3,(H,20,21). The number of aromatic carboxylic acids is 1. The van der Waals surface area contributed by atoms with Gasteiger partial charge in [0.1, 0.15) is 0 Å². The molecule has 0 aliphatic rings. The van der Waals surface area contributed by atoms with Crippen LogP contribution in [0.25, 0.3) is 0 Å². The molecule has 2 aromatic rings. The Hall–Kier alpha value is -2.51. The maximum Gasteiger partial charge on any atom is 0.416 e. The van der Waals surface area contributed by atoms with Crippen molar-refractivity contribution in [2.45, 2.75) is 19.6 Å². The molecule has 0 unspecified atom stereocenters. The fourth-order valence-electron chi connectivity index (χ4n) is 1.76. The molecule has 21 heavy (non-hydrogen) atoms. The number of halogens is 3. The van der Waals surface area contributed by atoms with Gasteiger partial charge in [-0.25, -0.2) is 4.79 Å². The molecule has 0 saturated carbocycles. The van der Waals surface area contributed by atoms with Crippen LogP contribution in [0, 0.1) is 0 Å². The molecule has 2 rings (SSSR count). The van der Waals surface area contributed by atoms with E-state index in [-0.39, 0.29) is 5.69 Å². The smallest absolute Gasteiger partial charge is 0.416 e. The minimum atomic E-state index is -4.59. The summed E-state index contributed by atoms with van der Waals surface area (Å²) >= 11 is 0. The summed E-state index contributed by atoms with van der Waals surface area (Å²) in [6.07, 6.45) is -1.49. The number of alkyl halides is 3. The van der Waals surface area contributed by atoms with E-state index in [2.05, 4.69) is 10.4 Å². The number of anilines is 2. The van der Waals surface area contributed by atoms with E-state index in [1.54, 1.807) is 10.9 Å². The van der Waals surface area contributed by atoms with Crippen LogP contribution in [0.3, 0.4) is 0 Å². The lowest BCUT2D eigenvalue weighted by molar-refractivity contribution is -0.137. The Morgan fingerprint density at radius 1 is 1.43 bits per heavy atom. The molecule has 1 aromatic heterocycles. The van der Waals surface area contributed by atoms with Crippen molar-refractivity contribution in [2.24, 2.45) is 0 Å². The first-order valence-electron chi connectivity index (χ1n) is 6.05. The van der Waals surface area contributed by atoms with E-state index in [4.69, 9.17) is 5.11 Å². The summed E-state index contributed by atoms with van der Waals surface area (Å²) in [6, 6.07) is 2.53. The number of nitrogens with zero attached hydrogens (tertiary/aromatic N) is 2. The van der Waals surface area contributed by atoms with E-state index in [0.29, 0.717) is 18.3 Å². The van der Waals surface area contributed by atoms with E-state index < -0.39 is 23.3 Å². The average Bonchev–Trinajstić information content (AvgIpc) is 2.85. The molecule has 0 radical (unpaired) electrons. The van der Waals surface area contributed by atoms with Crippen LogP contribution in [0.4, 0.5) is 24.5 Å². The molecule has 0 atom stereocenters. The molecule has 112 valence electrons. The van der Waals surface area contributed by atoms with Crippen molar-refractivity contribution in [1.29, 1.82) is 0 Å². The van der Waals surface area contributed by atoms with Gasteiger partial charge in [-0.1, -0.05) is 0 Å². The topological polar surface area (TPSA) is 67.2 Å². The largest absolute Gasteiger partial charge is 0.478 e. The Bertz CT molecular complexity index is 665. The highest BCUT2D eigenvalue weighted by Crippen LogP contribution is 2.32. The first-order valence-corrected chi connectivity index (χ1v) is 6.05. The summed E-state index contributed by atoms with van der Waals surface area (Å²) in [5.74, 6) is -1.44. The number of rotatable bonds is 4. The van der Waals surface area contributed by atoms with Gasteiger partial charge in [0.25, 0.3) is 0 Å². The fourth-order valence-corrected chi connectivity index (χ4v) is 1.76. The summed E-state index contributed by atoms with van der Waals surface area (Å²) in [7, 11) is 0. The zero-order chi connectivity index (χ0) is 15.6. The van der Waals surface area contributed by atoms with E-state index in [9.17, 15) is 18.0 Å². The van der Waals surface area contributed by atoms with Crippen LogP contribution in [0.5, 0.6) is 0 Å². The van der Waals surface area contributed by atoms with Gasteiger partial charge in [-0.3, -0.25) is 4.68 Å². The summed E-state index contributed by atoms with van der Waals surface area (Å²) in [4.78, 5) is 11.1. The molecule has 0 aliphatic heterocycles. The predicted octanol–water partition coefficient (Wildman–Crippen LogP) is 3.36. The highest BCUT2D eigenvalue weighted by atomic mass is 19.4. The molecule has 0 fully saturated rings. The normalized spacial score (nSPS) is 11.4. The monoisotopic (exact) mass is 299 g/mol. The lowest BCUT2D eigenvalue weighted by Crippen LogP contribution is -2.09. The number of carboxylic acids is 1. The average molecular weight is 299 g/mol. The minimum Gasteiger partial charge on any atom is -0.478 e. The lowest BCUT2D eigenvalue weighted by atomic mass is 10.1. The fraction of sp³-hybridized carbons (Fsp3) is 0.231. The van der Waals surface area contributed by atoms with Crippen LogP contribution < -0.4 is 5.32 Å². The van der Waals surface area contributed by atoms with Crippen molar-refractivity contribution >= 4 is 17.3 Å². The number of nitrogens with one attached hydrogen (secondary N) is 1. The van der Waals surface area contributed by atoms with Gasteiger partial charge in [0.15, 0.2) is 0 Å². The Balaban J connectivity index is 2.36. The Morgan fingerprint density at radius 3 is 2.67 bits per heavy atom. The molecular formula is C13H12F3N3O2. The number of carbonyl (C=O) groups is 1. The van der Waals surface area contributed by atoms with E-state index in [1.807, 2.05) is 6.92 Å². The number of aryl methyl sites for hydroxylation is 1. The van der Waals surface area contributed by atoms with Crippen molar-refractivity contribution in [3.63, 3.8) is 0 Å². The van der Waals surface area contributed by atoms with Crippen molar-refractivity contribution in [2.75, 3.05) is 5.32 Å². The molecule has 0 bridgehead atoms. The summed E-state index contributed by atoms with van der Waals surface area (Å²) < 4.78 is 39.4. The molecule has 2 N–H and O–H groups in total. The molecule has 8 heteroatoms. The van der Waals surface area contributed by atoms with Gasteiger partial charge in [0.05, 0.1) is 28.7 Å². The van der Waals surface area contributed by atoms with Gasteiger partial charge in [-0.15, -0.1) is 0 Å². The van der Waals surface area contributed by atoms with Gasteiger partial charge in [0, 0.05) is 12.7 Å². The zero-order valence-electron chi connectivity index (χ0n) is 11.0. The van der Waals surface area contributed by atoms with Gasteiger partial charge in [-0.2, -0.15) is 18.3 Å². The van der Waals surface area contributed by atoms with E-state index in [1.165, 1.54) is 6.20 Å².